The number of rotatable bonds is 6. The molecule has 1 aliphatic carbocycles. The standard InChI is InChI=1S/C16H25IN2O4/c1-5-21-12-8-11(19-15(20)23-16(2,3)4)14(12)18-9-10-6-7-13(17)22-10/h6-7,11-12,14,18H,5,8-9H2,1-4H3,(H,19,20). The van der Waals surface area contributed by atoms with Crippen molar-refractivity contribution in [3.8, 4) is 0 Å². The summed E-state index contributed by atoms with van der Waals surface area (Å²) >= 11 is 2.14. The molecule has 0 radical (unpaired) electrons. The Bertz CT molecular complexity index is 526. The Labute approximate surface area is 150 Å². The molecule has 3 unspecified atom stereocenters. The molecule has 1 aromatic rings. The van der Waals surface area contributed by atoms with Gasteiger partial charge in [-0.3, -0.25) is 0 Å². The highest BCUT2D eigenvalue weighted by Gasteiger charge is 2.43. The molecule has 130 valence electrons. The van der Waals surface area contributed by atoms with E-state index in [-0.39, 0.29) is 18.2 Å². The number of carbonyl (C=O) groups is 1. The Morgan fingerprint density at radius 1 is 1.43 bits per heavy atom. The van der Waals surface area contributed by atoms with Gasteiger partial charge in [-0.1, -0.05) is 0 Å². The van der Waals surface area contributed by atoms with E-state index in [4.69, 9.17) is 13.9 Å². The van der Waals surface area contributed by atoms with Crippen molar-refractivity contribution in [3.05, 3.63) is 21.7 Å². The van der Waals surface area contributed by atoms with E-state index in [2.05, 4.69) is 33.2 Å². The van der Waals surface area contributed by atoms with E-state index in [9.17, 15) is 4.79 Å². The summed E-state index contributed by atoms with van der Waals surface area (Å²) in [6, 6.07) is 3.91. The Hall–Kier alpha value is -0.800. The van der Waals surface area contributed by atoms with Crippen LogP contribution < -0.4 is 10.6 Å². The van der Waals surface area contributed by atoms with Gasteiger partial charge < -0.3 is 24.5 Å². The number of halogens is 1. The fourth-order valence-corrected chi connectivity index (χ4v) is 3.00. The number of nitrogens with one attached hydrogen (secondary N) is 2. The number of alkyl carbamates (subject to hydrolysis) is 1. The molecule has 2 N–H and O–H groups in total. The van der Waals surface area contributed by atoms with Crippen LogP contribution in [0.25, 0.3) is 0 Å². The molecule has 0 aromatic carbocycles. The van der Waals surface area contributed by atoms with E-state index in [1.165, 1.54) is 0 Å². The second-order valence-electron chi connectivity index (χ2n) is 6.59. The molecule has 0 spiro atoms. The minimum absolute atomic E-state index is 0.00423. The largest absolute Gasteiger partial charge is 0.454 e. The average molecular weight is 436 g/mol. The minimum atomic E-state index is -0.499. The van der Waals surface area contributed by atoms with Gasteiger partial charge in [-0.2, -0.15) is 0 Å². The van der Waals surface area contributed by atoms with Crippen molar-refractivity contribution < 1.29 is 18.7 Å². The molecule has 6 nitrogen and oxygen atoms in total. The molecule has 1 fully saturated rings. The molecule has 1 amide bonds. The highest BCUT2D eigenvalue weighted by molar-refractivity contribution is 14.1. The van der Waals surface area contributed by atoms with Crippen LogP contribution in [0.15, 0.2) is 16.5 Å². The van der Waals surface area contributed by atoms with Crippen LogP contribution in [-0.2, 0) is 16.0 Å². The van der Waals surface area contributed by atoms with Crippen molar-refractivity contribution in [3.63, 3.8) is 0 Å². The van der Waals surface area contributed by atoms with Gasteiger partial charge in [-0.15, -0.1) is 0 Å². The predicted octanol–water partition coefficient (Wildman–Crippen LogP) is 3.04. The lowest BCUT2D eigenvalue weighted by Gasteiger charge is -2.44. The first-order chi connectivity index (χ1) is 10.8. The monoisotopic (exact) mass is 436 g/mol. The zero-order valence-corrected chi connectivity index (χ0v) is 16.2. The molecule has 2 rings (SSSR count). The first-order valence-corrected chi connectivity index (χ1v) is 8.95. The maximum atomic E-state index is 11.9. The molecular weight excluding hydrogens is 411 g/mol. The van der Waals surface area contributed by atoms with Gasteiger partial charge >= 0.3 is 6.09 Å². The molecule has 0 saturated heterocycles. The zero-order valence-electron chi connectivity index (χ0n) is 14.0. The first-order valence-electron chi connectivity index (χ1n) is 7.87. The highest BCUT2D eigenvalue weighted by Crippen LogP contribution is 2.25. The number of hydrogen-bond acceptors (Lipinski definition) is 5. The summed E-state index contributed by atoms with van der Waals surface area (Å²) in [6.07, 6.45) is 0.478. The van der Waals surface area contributed by atoms with Crippen molar-refractivity contribution in [1.82, 2.24) is 10.6 Å². The average Bonchev–Trinajstić information content (AvgIpc) is 2.81. The quantitative estimate of drug-likeness (QED) is 0.671. The first kappa shape index (κ1) is 18.5. The fraction of sp³-hybridized carbons (Fsp3) is 0.688. The molecule has 3 atom stereocenters. The summed E-state index contributed by atoms with van der Waals surface area (Å²) in [5.74, 6) is 0.868. The second-order valence-corrected chi connectivity index (χ2v) is 7.66. The lowest BCUT2D eigenvalue weighted by Crippen LogP contribution is -2.66. The lowest BCUT2D eigenvalue weighted by molar-refractivity contribution is -0.0442. The third-order valence-corrected chi connectivity index (χ3v) is 4.12. The van der Waals surface area contributed by atoms with Gasteiger partial charge in [0.05, 0.1) is 24.7 Å². The maximum absolute atomic E-state index is 11.9. The molecule has 1 aromatic heterocycles. The van der Waals surface area contributed by atoms with Crippen LogP contribution >= 0.6 is 22.6 Å². The number of furan rings is 1. The van der Waals surface area contributed by atoms with Crippen LogP contribution in [0, 0.1) is 3.77 Å². The van der Waals surface area contributed by atoms with Crippen LogP contribution in [0.5, 0.6) is 0 Å². The Balaban J connectivity index is 1.87. The van der Waals surface area contributed by atoms with Gasteiger partial charge in [-0.05, 0) is 68.8 Å². The van der Waals surface area contributed by atoms with Crippen LogP contribution in [0.1, 0.15) is 39.9 Å². The maximum Gasteiger partial charge on any atom is 0.407 e. The minimum Gasteiger partial charge on any atom is -0.454 e. The topological polar surface area (TPSA) is 72.7 Å². The predicted molar refractivity (Wildman–Crippen MR) is 95.2 cm³/mol. The smallest absolute Gasteiger partial charge is 0.407 e. The van der Waals surface area contributed by atoms with Crippen molar-refractivity contribution in [2.75, 3.05) is 6.61 Å². The lowest BCUT2D eigenvalue weighted by atomic mass is 9.82. The fourth-order valence-electron chi connectivity index (χ4n) is 2.54. The van der Waals surface area contributed by atoms with E-state index < -0.39 is 11.7 Å². The van der Waals surface area contributed by atoms with Gasteiger partial charge in [0.25, 0.3) is 0 Å². The van der Waals surface area contributed by atoms with Gasteiger partial charge in [-0.25, -0.2) is 4.79 Å². The third-order valence-electron chi connectivity index (χ3n) is 3.54. The van der Waals surface area contributed by atoms with Gasteiger partial charge in [0.1, 0.15) is 11.4 Å². The summed E-state index contributed by atoms with van der Waals surface area (Å²) in [5.41, 5.74) is -0.499. The van der Waals surface area contributed by atoms with E-state index >= 15 is 0 Å². The normalized spacial score (nSPS) is 24.1. The van der Waals surface area contributed by atoms with Crippen LogP contribution in [0.3, 0.4) is 0 Å². The Kier molecular flexibility index (Phi) is 6.33. The molecule has 23 heavy (non-hydrogen) atoms. The third kappa shape index (κ3) is 5.65. The Morgan fingerprint density at radius 3 is 2.74 bits per heavy atom. The highest BCUT2D eigenvalue weighted by atomic mass is 127. The number of carbonyl (C=O) groups excluding carboxylic acids is 1. The molecule has 7 heteroatoms. The van der Waals surface area contributed by atoms with Crippen molar-refractivity contribution >= 4 is 28.7 Å². The van der Waals surface area contributed by atoms with Crippen molar-refractivity contribution in [2.45, 2.75) is 64.4 Å². The molecule has 1 aliphatic rings. The Morgan fingerprint density at radius 2 is 2.17 bits per heavy atom. The van der Waals surface area contributed by atoms with Crippen LogP contribution in [-0.4, -0.2) is 36.5 Å². The second kappa shape index (κ2) is 7.85. The van der Waals surface area contributed by atoms with Gasteiger partial charge in [0, 0.05) is 6.61 Å². The van der Waals surface area contributed by atoms with Gasteiger partial charge in [0.2, 0.25) is 0 Å². The molecular formula is C16H25IN2O4. The van der Waals surface area contributed by atoms with E-state index in [1.54, 1.807) is 0 Å². The molecule has 0 bridgehead atoms. The van der Waals surface area contributed by atoms with Crippen LogP contribution in [0.2, 0.25) is 0 Å². The zero-order chi connectivity index (χ0) is 17.0. The summed E-state index contributed by atoms with van der Waals surface area (Å²) in [5, 5.41) is 6.33. The summed E-state index contributed by atoms with van der Waals surface area (Å²) in [6.45, 7) is 8.78. The van der Waals surface area contributed by atoms with E-state index in [1.807, 2.05) is 39.8 Å². The number of ether oxygens (including phenoxy) is 2. The van der Waals surface area contributed by atoms with E-state index in [0.717, 1.165) is 15.9 Å². The molecule has 0 aliphatic heterocycles. The SMILES string of the molecule is CCOC1CC(NC(=O)OC(C)(C)C)C1NCc1ccc(I)o1. The number of hydrogen-bond donors (Lipinski definition) is 2. The van der Waals surface area contributed by atoms with Crippen LogP contribution in [0.4, 0.5) is 4.79 Å². The molecule has 1 saturated carbocycles. The van der Waals surface area contributed by atoms with Crippen molar-refractivity contribution in [1.29, 1.82) is 0 Å². The number of amides is 1. The summed E-state index contributed by atoms with van der Waals surface area (Å²) in [4.78, 5) is 11.9. The van der Waals surface area contributed by atoms with Crippen molar-refractivity contribution in [2.24, 2.45) is 0 Å². The molecule has 1 heterocycles. The van der Waals surface area contributed by atoms with Gasteiger partial charge in [0.15, 0.2) is 3.77 Å². The van der Waals surface area contributed by atoms with E-state index in [0.29, 0.717) is 13.2 Å². The summed E-state index contributed by atoms with van der Waals surface area (Å²) < 4.78 is 17.4. The summed E-state index contributed by atoms with van der Waals surface area (Å²) in [7, 11) is 0.